The highest BCUT2D eigenvalue weighted by Crippen LogP contribution is 2.44. The topological polar surface area (TPSA) is 92.6 Å². The maximum atomic E-state index is 13.3. The van der Waals surface area contributed by atoms with Crippen molar-refractivity contribution in [1.29, 1.82) is 0 Å². The summed E-state index contributed by atoms with van der Waals surface area (Å²) in [5, 5.41) is 11.8. The molecule has 8 heteroatoms. The van der Waals surface area contributed by atoms with Crippen molar-refractivity contribution in [3.63, 3.8) is 0 Å². The molecule has 3 heterocycles. The van der Waals surface area contributed by atoms with Crippen LogP contribution in [0.1, 0.15) is 28.4 Å². The summed E-state index contributed by atoms with van der Waals surface area (Å²) in [5.74, 6) is -1.11. The van der Waals surface area contributed by atoms with Gasteiger partial charge in [0.2, 0.25) is 0 Å². The standard InChI is InChI=1S/C26H21N3O4S/c1-14-13-19(33-3)15(2)12-16(14)23(30)21-22(18-9-6-7-11-27-18)29(25(32)24(21)31)26-28-17-8-4-5-10-20(17)34-26/h4-13,22,30H,1-3H3/b23-21+. The number of aromatic nitrogens is 2. The van der Waals surface area contributed by atoms with Crippen molar-refractivity contribution in [1.82, 2.24) is 9.97 Å². The normalized spacial score (nSPS) is 17.5. The Balaban J connectivity index is 1.74. The van der Waals surface area contributed by atoms with Crippen molar-refractivity contribution in [3.05, 3.63) is 88.8 Å². The van der Waals surface area contributed by atoms with E-state index in [1.807, 2.05) is 38.1 Å². The van der Waals surface area contributed by atoms with Gasteiger partial charge in [-0.3, -0.25) is 19.5 Å². The number of carbonyl (C=O) groups excluding carboxylic acids is 2. The summed E-state index contributed by atoms with van der Waals surface area (Å²) < 4.78 is 6.26. The van der Waals surface area contributed by atoms with E-state index in [0.717, 1.165) is 15.8 Å². The lowest BCUT2D eigenvalue weighted by molar-refractivity contribution is -0.132. The van der Waals surface area contributed by atoms with Crippen molar-refractivity contribution in [2.24, 2.45) is 0 Å². The number of hydrogen-bond acceptors (Lipinski definition) is 7. The third-order valence-electron chi connectivity index (χ3n) is 5.90. The molecule has 1 fully saturated rings. The molecule has 7 nitrogen and oxygen atoms in total. The van der Waals surface area contributed by atoms with E-state index in [1.165, 1.54) is 16.2 Å². The maximum Gasteiger partial charge on any atom is 0.301 e. The molecule has 5 rings (SSSR count). The van der Waals surface area contributed by atoms with Gasteiger partial charge in [0.25, 0.3) is 5.78 Å². The molecule has 0 aliphatic carbocycles. The molecule has 4 aromatic rings. The van der Waals surface area contributed by atoms with Crippen LogP contribution in [0.5, 0.6) is 5.75 Å². The average molecular weight is 472 g/mol. The summed E-state index contributed by atoms with van der Waals surface area (Å²) in [7, 11) is 1.58. The first-order valence-electron chi connectivity index (χ1n) is 10.6. The van der Waals surface area contributed by atoms with Crippen LogP contribution in [0.2, 0.25) is 0 Å². The molecule has 0 bridgehead atoms. The summed E-state index contributed by atoms with van der Waals surface area (Å²) in [4.78, 5) is 37.0. The van der Waals surface area contributed by atoms with Gasteiger partial charge in [-0.1, -0.05) is 29.5 Å². The molecule has 0 radical (unpaired) electrons. The number of hydrogen-bond donors (Lipinski definition) is 1. The van der Waals surface area contributed by atoms with Crippen LogP contribution < -0.4 is 9.64 Å². The van der Waals surface area contributed by atoms with Crippen LogP contribution in [-0.2, 0) is 9.59 Å². The second-order valence-electron chi connectivity index (χ2n) is 8.02. The van der Waals surface area contributed by atoms with E-state index in [-0.39, 0.29) is 11.3 Å². The van der Waals surface area contributed by atoms with Gasteiger partial charge in [-0.15, -0.1) is 0 Å². The molecule has 1 aliphatic heterocycles. The van der Waals surface area contributed by atoms with E-state index >= 15 is 0 Å². The summed E-state index contributed by atoms with van der Waals surface area (Å²) in [5.41, 5.74) is 3.14. The lowest BCUT2D eigenvalue weighted by Crippen LogP contribution is -2.29. The van der Waals surface area contributed by atoms with Gasteiger partial charge in [0.15, 0.2) is 5.13 Å². The van der Waals surface area contributed by atoms with E-state index in [4.69, 9.17) is 4.74 Å². The van der Waals surface area contributed by atoms with Crippen molar-refractivity contribution in [2.45, 2.75) is 19.9 Å². The molecule has 0 spiro atoms. The minimum Gasteiger partial charge on any atom is -0.507 e. The number of thiazole rings is 1. The molecule has 34 heavy (non-hydrogen) atoms. The van der Waals surface area contributed by atoms with Crippen molar-refractivity contribution in [2.75, 3.05) is 12.0 Å². The maximum absolute atomic E-state index is 13.3. The molecule has 1 saturated heterocycles. The van der Waals surface area contributed by atoms with Gasteiger partial charge in [-0.05, 0) is 61.4 Å². The second-order valence-corrected chi connectivity index (χ2v) is 9.03. The smallest absolute Gasteiger partial charge is 0.301 e. The number of amides is 1. The summed E-state index contributed by atoms with van der Waals surface area (Å²) in [6.07, 6.45) is 1.59. The molecule has 1 N–H and O–H groups in total. The number of ether oxygens (including phenoxy) is 1. The van der Waals surface area contributed by atoms with Crippen LogP contribution in [0, 0.1) is 13.8 Å². The summed E-state index contributed by atoms with van der Waals surface area (Å²) in [6.45, 7) is 3.67. The molecule has 0 saturated carbocycles. The van der Waals surface area contributed by atoms with Crippen molar-refractivity contribution < 1.29 is 19.4 Å². The number of Topliss-reactive ketones (excluding diaryl/α,β-unsaturated/α-hetero) is 1. The molecule has 1 aliphatic rings. The second kappa shape index (κ2) is 8.39. The predicted molar refractivity (Wildman–Crippen MR) is 131 cm³/mol. The Morgan fingerprint density at radius 1 is 1.06 bits per heavy atom. The predicted octanol–water partition coefficient (Wildman–Crippen LogP) is 4.94. The van der Waals surface area contributed by atoms with E-state index in [9.17, 15) is 14.7 Å². The largest absolute Gasteiger partial charge is 0.507 e. The number of benzene rings is 2. The van der Waals surface area contributed by atoms with E-state index in [1.54, 1.807) is 43.6 Å². The fourth-order valence-electron chi connectivity index (χ4n) is 4.22. The molecule has 2 aromatic heterocycles. The van der Waals surface area contributed by atoms with E-state index in [2.05, 4.69) is 9.97 Å². The summed E-state index contributed by atoms with van der Waals surface area (Å²) in [6, 6.07) is 15.4. The first-order chi connectivity index (χ1) is 16.4. The molecule has 1 amide bonds. The third kappa shape index (κ3) is 3.43. The highest BCUT2D eigenvalue weighted by molar-refractivity contribution is 7.22. The molecule has 1 atom stereocenters. The first-order valence-corrected chi connectivity index (χ1v) is 11.5. The van der Waals surface area contributed by atoms with Gasteiger partial charge >= 0.3 is 5.91 Å². The number of pyridine rings is 1. The Hall–Kier alpha value is -4.04. The SMILES string of the molecule is COc1cc(C)c(/C(O)=C2\C(=O)C(=O)N(c3nc4ccccc4s3)C2c2ccccn2)cc1C. The number of aryl methyl sites for hydroxylation is 2. The number of aliphatic hydroxyl groups excluding tert-OH is 1. The lowest BCUT2D eigenvalue weighted by atomic mass is 9.95. The van der Waals surface area contributed by atoms with Gasteiger partial charge in [-0.25, -0.2) is 4.98 Å². The van der Waals surface area contributed by atoms with E-state index in [0.29, 0.717) is 27.7 Å². The molecule has 1 unspecified atom stereocenters. The van der Waals surface area contributed by atoms with Crippen LogP contribution >= 0.6 is 11.3 Å². The van der Waals surface area contributed by atoms with Crippen LogP contribution in [0.4, 0.5) is 5.13 Å². The summed E-state index contributed by atoms with van der Waals surface area (Å²) >= 11 is 1.31. The van der Waals surface area contributed by atoms with Crippen LogP contribution in [0.25, 0.3) is 16.0 Å². The van der Waals surface area contributed by atoms with Crippen molar-refractivity contribution >= 4 is 44.1 Å². The zero-order valence-corrected chi connectivity index (χ0v) is 19.6. The quantitative estimate of drug-likeness (QED) is 0.257. The Bertz CT molecular complexity index is 1440. The Morgan fingerprint density at radius 3 is 2.53 bits per heavy atom. The van der Waals surface area contributed by atoms with Crippen molar-refractivity contribution in [3.8, 4) is 5.75 Å². The Morgan fingerprint density at radius 2 is 1.82 bits per heavy atom. The highest BCUT2D eigenvalue weighted by atomic mass is 32.1. The number of rotatable bonds is 4. The van der Waals surface area contributed by atoms with Gasteiger partial charge in [0.05, 0.1) is 28.6 Å². The zero-order valence-electron chi connectivity index (χ0n) is 18.8. The number of ketones is 1. The highest BCUT2D eigenvalue weighted by Gasteiger charge is 2.49. The van der Waals surface area contributed by atoms with Gasteiger partial charge in [0.1, 0.15) is 17.6 Å². The number of anilines is 1. The minimum absolute atomic E-state index is 0.0179. The fourth-order valence-corrected chi connectivity index (χ4v) is 5.21. The fraction of sp³-hybridized carbons (Fsp3) is 0.154. The number of para-hydroxylation sites is 1. The third-order valence-corrected chi connectivity index (χ3v) is 6.93. The lowest BCUT2D eigenvalue weighted by Gasteiger charge is -2.22. The van der Waals surface area contributed by atoms with Gasteiger partial charge in [-0.2, -0.15) is 0 Å². The zero-order chi connectivity index (χ0) is 24.0. The number of nitrogens with zero attached hydrogens (tertiary/aromatic N) is 3. The van der Waals surface area contributed by atoms with Crippen LogP contribution in [0.3, 0.4) is 0 Å². The number of aliphatic hydroxyl groups is 1. The minimum atomic E-state index is -0.913. The molecular weight excluding hydrogens is 450 g/mol. The van der Waals surface area contributed by atoms with Crippen LogP contribution in [-0.4, -0.2) is 33.9 Å². The molecule has 2 aromatic carbocycles. The monoisotopic (exact) mass is 471 g/mol. The van der Waals surface area contributed by atoms with Gasteiger partial charge < -0.3 is 9.84 Å². The van der Waals surface area contributed by atoms with Gasteiger partial charge in [0, 0.05) is 11.8 Å². The molecule has 170 valence electrons. The average Bonchev–Trinajstić information content (AvgIpc) is 3.39. The Labute approximate surface area is 200 Å². The van der Waals surface area contributed by atoms with E-state index < -0.39 is 17.7 Å². The first kappa shape index (κ1) is 21.8. The van der Waals surface area contributed by atoms with Crippen LogP contribution in [0.15, 0.2) is 66.4 Å². The molecular formula is C26H21N3O4S. The number of methoxy groups -OCH3 is 1. The Kier molecular flexibility index (Phi) is 5.37. The number of carbonyl (C=O) groups is 2. The number of fused-ring (bicyclic) bond motifs is 1.